The van der Waals surface area contributed by atoms with Gasteiger partial charge in [-0.15, -0.1) is 0 Å². The molecule has 2 aromatic rings. The smallest absolute Gasteiger partial charge is 0.335 e. The molecular formula is C14H16N2O3. The van der Waals surface area contributed by atoms with Crippen LogP contribution in [0.25, 0.3) is 11.1 Å². The monoisotopic (exact) mass is 260 g/mol. The van der Waals surface area contributed by atoms with Crippen molar-refractivity contribution in [2.24, 2.45) is 0 Å². The number of aromatic carboxylic acids is 1. The minimum absolute atomic E-state index is 0.205. The summed E-state index contributed by atoms with van der Waals surface area (Å²) >= 11 is 0. The molecule has 0 unspecified atom stereocenters. The molecule has 19 heavy (non-hydrogen) atoms. The summed E-state index contributed by atoms with van der Waals surface area (Å²) < 4.78 is 7.11. The van der Waals surface area contributed by atoms with Crippen molar-refractivity contribution in [2.45, 2.75) is 19.9 Å². The molecule has 0 saturated heterocycles. The first-order valence-corrected chi connectivity index (χ1v) is 5.98. The number of carboxylic acids is 1. The zero-order valence-corrected chi connectivity index (χ0v) is 11.1. The zero-order valence-electron chi connectivity index (χ0n) is 11.1. The van der Waals surface area contributed by atoms with Crippen LogP contribution >= 0.6 is 0 Å². The largest absolute Gasteiger partial charge is 0.496 e. The molecule has 0 atom stereocenters. The average molecular weight is 260 g/mol. The molecule has 1 heterocycles. The molecular weight excluding hydrogens is 244 g/mol. The highest BCUT2D eigenvalue weighted by Crippen LogP contribution is 2.31. The summed E-state index contributed by atoms with van der Waals surface area (Å²) in [6, 6.07) is 5.10. The van der Waals surface area contributed by atoms with E-state index in [4.69, 9.17) is 9.84 Å². The van der Waals surface area contributed by atoms with Gasteiger partial charge >= 0.3 is 5.97 Å². The second-order valence-electron chi connectivity index (χ2n) is 4.52. The van der Waals surface area contributed by atoms with Crippen LogP contribution in [0, 0.1) is 0 Å². The molecule has 0 aliphatic carbocycles. The first kappa shape index (κ1) is 13.1. The Kier molecular flexibility index (Phi) is 3.55. The van der Waals surface area contributed by atoms with Gasteiger partial charge in [0.25, 0.3) is 0 Å². The second kappa shape index (κ2) is 5.14. The molecule has 0 fully saturated rings. The van der Waals surface area contributed by atoms with E-state index in [0.29, 0.717) is 5.75 Å². The van der Waals surface area contributed by atoms with Crippen molar-refractivity contribution in [2.75, 3.05) is 7.11 Å². The molecule has 0 radical (unpaired) electrons. The van der Waals surface area contributed by atoms with Gasteiger partial charge in [-0.2, -0.15) is 5.10 Å². The van der Waals surface area contributed by atoms with Crippen molar-refractivity contribution in [3.05, 3.63) is 36.2 Å². The lowest BCUT2D eigenvalue weighted by molar-refractivity contribution is 0.0696. The van der Waals surface area contributed by atoms with Gasteiger partial charge in [0.05, 0.1) is 18.9 Å². The molecule has 0 spiro atoms. The van der Waals surface area contributed by atoms with Gasteiger partial charge in [-0.1, -0.05) is 0 Å². The second-order valence-corrected chi connectivity index (χ2v) is 4.52. The molecule has 2 rings (SSSR count). The lowest BCUT2D eigenvalue weighted by atomic mass is 10.1. The van der Waals surface area contributed by atoms with E-state index < -0.39 is 5.97 Å². The molecule has 0 saturated carbocycles. The Hall–Kier alpha value is -2.30. The molecule has 1 aromatic heterocycles. The molecule has 0 aliphatic rings. The first-order chi connectivity index (χ1) is 9.02. The lowest BCUT2D eigenvalue weighted by Gasteiger charge is -2.08. The van der Waals surface area contributed by atoms with Crippen LogP contribution in [-0.2, 0) is 0 Å². The number of benzene rings is 1. The van der Waals surface area contributed by atoms with Crippen molar-refractivity contribution in [1.29, 1.82) is 0 Å². The number of rotatable bonds is 4. The zero-order chi connectivity index (χ0) is 14.0. The molecule has 1 N–H and O–H groups in total. The molecule has 0 amide bonds. The number of ether oxygens (including phenoxy) is 1. The number of hydrogen-bond donors (Lipinski definition) is 1. The average Bonchev–Trinajstić information content (AvgIpc) is 2.87. The normalized spacial score (nSPS) is 10.7. The molecule has 0 bridgehead atoms. The van der Waals surface area contributed by atoms with Gasteiger partial charge < -0.3 is 9.84 Å². The number of carboxylic acid groups (broad SMARTS) is 1. The Labute approximate surface area is 111 Å². The number of aromatic nitrogens is 2. The van der Waals surface area contributed by atoms with Gasteiger partial charge in [-0.3, -0.25) is 4.68 Å². The first-order valence-electron chi connectivity index (χ1n) is 5.98. The fourth-order valence-corrected chi connectivity index (χ4v) is 1.82. The van der Waals surface area contributed by atoms with Crippen LogP contribution in [-0.4, -0.2) is 28.0 Å². The molecule has 0 aliphatic heterocycles. The van der Waals surface area contributed by atoms with Crippen LogP contribution in [0.15, 0.2) is 30.6 Å². The highest BCUT2D eigenvalue weighted by molar-refractivity contribution is 5.89. The SMILES string of the molecule is COc1cc(C(=O)O)ccc1-c1cnn(C(C)C)c1. The Morgan fingerprint density at radius 2 is 2.16 bits per heavy atom. The van der Waals surface area contributed by atoms with Crippen molar-refractivity contribution in [1.82, 2.24) is 9.78 Å². The Bertz CT molecular complexity index is 602. The lowest BCUT2D eigenvalue weighted by Crippen LogP contribution is -2.00. The van der Waals surface area contributed by atoms with Crippen molar-refractivity contribution < 1.29 is 14.6 Å². The van der Waals surface area contributed by atoms with E-state index in [9.17, 15) is 4.79 Å². The Morgan fingerprint density at radius 3 is 2.68 bits per heavy atom. The number of methoxy groups -OCH3 is 1. The Morgan fingerprint density at radius 1 is 1.42 bits per heavy atom. The predicted octanol–water partition coefficient (Wildman–Crippen LogP) is 2.84. The summed E-state index contributed by atoms with van der Waals surface area (Å²) in [5, 5.41) is 13.2. The summed E-state index contributed by atoms with van der Waals surface area (Å²) in [4.78, 5) is 10.9. The van der Waals surface area contributed by atoms with E-state index in [-0.39, 0.29) is 11.6 Å². The minimum Gasteiger partial charge on any atom is -0.496 e. The van der Waals surface area contributed by atoms with E-state index in [1.807, 2.05) is 24.7 Å². The number of hydrogen-bond acceptors (Lipinski definition) is 3. The van der Waals surface area contributed by atoms with Gasteiger partial charge in [-0.05, 0) is 32.0 Å². The summed E-state index contributed by atoms with van der Waals surface area (Å²) in [6.45, 7) is 4.09. The third-order valence-electron chi connectivity index (χ3n) is 2.89. The molecule has 1 aromatic carbocycles. The molecule has 5 heteroatoms. The fraction of sp³-hybridized carbons (Fsp3) is 0.286. The quantitative estimate of drug-likeness (QED) is 0.918. The summed E-state index contributed by atoms with van der Waals surface area (Å²) in [7, 11) is 1.53. The number of nitrogens with zero attached hydrogens (tertiary/aromatic N) is 2. The van der Waals surface area contributed by atoms with E-state index in [2.05, 4.69) is 5.10 Å². The molecule has 100 valence electrons. The maximum absolute atomic E-state index is 10.9. The summed E-state index contributed by atoms with van der Waals surface area (Å²) in [5.74, 6) is -0.439. The third kappa shape index (κ3) is 2.59. The van der Waals surface area contributed by atoms with Crippen LogP contribution in [0.2, 0.25) is 0 Å². The fourth-order valence-electron chi connectivity index (χ4n) is 1.82. The highest BCUT2D eigenvalue weighted by atomic mass is 16.5. The summed E-state index contributed by atoms with van der Waals surface area (Å²) in [6.07, 6.45) is 3.67. The standard InChI is InChI=1S/C14H16N2O3/c1-9(2)16-8-11(7-15-16)12-5-4-10(14(17)18)6-13(12)19-3/h4-9H,1-3H3,(H,17,18). The van der Waals surface area contributed by atoms with Crippen LogP contribution in [0.4, 0.5) is 0 Å². The third-order valence-corrected chi connectivity index (χ3v) is 2.89. The van der Waals surface area contributed by atoms with E-state index in [1.54, 1.807) is 18.3 Å². The minimum atomic E-state index is -0.970. The summed E-state index contributed by atoms with van der Waals surface area (Å²) in [5.41, 5.74) is 1.94. The maximum atomic E-state index is 10.9. The van der Waals surface area contributed by atoms with Crippen molar-refractivity contribution >= 4 is 5.97 Å². The Balaban J connectivity index is 2.46. The van der Waals surface area contributed by atoms with Gasteiger partial charge in [0, 0.05) is 23.4 Å². The van der Waals surface area contributed by atoms with Crippen LogP contribution in [0.3, 0.4) is 0 Å². The van der Waals surface area contributed by atoms with Crippen LogP contribution in [0.1, 0.15) is 30.2 Å². The van der Waals surface area contributed by atoms with Crippen LogP contribution in [0.5, 0.6) is 5.75 Å². The van der Waals surface area contributed by atoms with Gasteiger partial charge in [0.2, 0.25) is 0 Å². The predicted molar refractivity (Wildman–Crippen MR) is 71.6 cm³/mol. The topological polar surface area (TPSA) is 64.3 Å². The van der Waals surface area contributed by atoms with E-state index in [0.717, 1.165) is 11.1 Å². The highest BCUT2D eigenvalue weighted by Gasteiger charge is 2.12. The van der Waals surface area contributed by atoms with Gasteiger partial charge in [0.15, 0.2) is 0 Å². The van der Waals surface area contributed by atoms with E-state index >= 15 is 0 Å². The molecule has 5 nitrogen and oxygen atoms in total. The van der Waals surface area contributed by atoms with Crippen LogP contribution < -0.4 is 4.74 Å². The maximum Gasteiger partial charge on any atom is 0.335 e. The van der Waals surface area contributed by atoms with E-state index in [1.165, 1.54) is 13.2 Å². The van der Waals surface area contributed by atoms with Crippen molar-refractivity contribution in [3.8, 4) is 16.9 Å². The van der Waals surface area contributed by atoms with Gasteiger partial charge in [-0.25, -0.2) is 4.79 Å². The number of carbonyl (C=O) groups is 1. The van der Waals surface area contributed by atoms with Crippen molar-refractivity contribution in [3.63, 3.8) is 0 Å². The van der Waals surface area contributed by atoms with Gasteiger partial charge in [0.1, 0.15) is 5.75 Å².